The second kappa shape index (κ2) is 8.87. The SMILES string of the molecule is Cc1cc(C)nc(Oc2cccc(NC(=O)/C=C/c3ccc(Cl)c(Cl)c3)c2)n1. The first-order chi connectivity index (χ1) is 13.4. The number of aromatic nitrogens is 2. The summed E-state index contributed by atoms with van der Waals surface area (Å²) in [5.41, 5.74) is 3.00. The predicted molar refractivity (Wildman–Crippen MR) is 112 cm³/mol. The fourth-order valence-electron chi connectivity index (χ4n) is 2.45. The zero-order valence-electron chi connectivity index (χ0n) is 15.2. The van der Waals surface area contributed by atoms with E-state index < -0.39 is 0 Å². The molecule has 0 aliphatic heterocycles. The summed E-state index contributed by atoms with van der Waals surface area (Å²) >= 11 is 11.9. The van der Waals surface area contributed by atoms with E-state index >= 15 is 0 Å². The highest BCUT2D eigenvalue weighted by atomic mass is 35.5. The number of anilines is 1. The lowest BCUT2D eigenvalue weighted by Gasteiger charge is -2.08. The van der Waals surface area contributed by atoms with Gasteiger partial charge in [0.2, 0.25) is 5.91 Å². The molecule has 0 radical (unpaired) electrons. The van der Waals surface area contributed by atoms with Crippen LogP contribution in [0.15, 0.2) is 54.6 Å². The number of nitrogens with zero attached hydrogens (tertiary/aromatic N) is 2. The van der Waals surface area contributed by atoms with Crippen LogP contribution >= 0.6 is 23.2 Å². The molecule has 0 spiro atoms. The number of benzene rings is 2. The van der Waals surface area contributed by atoms with Crippen molar-refractivity contribution >= 4 is 40.9 Å². The topological polar surface area (TPSA) is 64.1 Å². The van der Waals surface area contributed by atoms with Crippen molar-refractivity contribution in [2.24, 2.45) is 0 Å². The van der Waals surface area contributed by atoms with Crippen LogP contribution in [0.5, 0.6) is 11.8 Å². The van der Waals surface area contributed by atoms with Gasteiger partial charge in [-0.3, -0.25) is 4.79 Å². The van der Waals surface area contributed by atoms with Gasteiger partial charge in [0.05, 0.1) is 10.0 Å². The lowest BCUT2D eigenvalue weighted by atomic mass is 10.2. The molecule has 1 aromatic heterocycles. The van der Waals surface area contributed by atoms with E-state index in [1.807, 2.05) is 19.9 Å². The summed E-state index contributed by atoms with van der Waals surface area (Å²) in [4.78, 5) is 20.7. The van der Waals surface area contributed by atoms with E-state index in [0.717, 1.165) is 17.0 Å². The molecule has 0 aliphatic carbocycles. The molecule has 142 valence electrons. The highest BCUT2D eigenvalue weighted by Gasteiger charge is 2.05. The number of hydrogen-bond donors (Lipinski definition) is 1. The van der Waals surface area contributed by atoms with Crippen LogP contribution in [0.25, 0.3) is 6.08 Å². The van der Waals surface area contributed by atoms with Crippen molar-refractivity contribution in [2.45, 2.75) is 13.8 Å². The quantitative estimate of drug-likeness (QED) is 0.533. The van der Waals surface area contributed by atoms with Gasteiger partial charge in [0.1, 0.15) is 5.75 Å². The highest BCUT2D eigenvalue weighted by molar-refractivity contribution is 6.42. The van der Waals surface area contributed by atoms with Crippen molar-refractivity contribution in [2.75, 3.05) is 5.32 Å². The minimum atomic E-state index is -0.286. The average molecular weight is 414 g/mol. The second-order valence-corrected chi connectivity index (χ2v) is 6.87. The highest BCUT2D eigenvalue weighted by Crippen LogP contribution is 2.24. The number of carbonyl (C=O) groups is 1. The molecular formula is C21H17Cl2N3O2. The van der Waals surface area contributed by atoms with Gasteiger partial charge in [-0.25, -0.2) is 9.97 Å². The van der Waals surface area contributed by atoms with Gasteiger partial charge in [0, 0.05) is 29.2 Å². The van der Waals surface area contributed by atoms with Crippen LogP contribution in [0.2, 0.25) is 10.0 Å². The van der Waals surface area contributed by atoms with Crippen molar-refractivity contribution < 1.29 is 9.53 Å². The minimum absolute atomic E-state index is 0.264. The molecule has 0 saturated carbocycles. The summed E-state index contributed by atoms with van der Waals surface area (Å²) < 4.78 is 5.70. The predicted octanol–water partition coefficient (Wildman–Crippen LogP) is 5.84. The Kier molecular flexibility index (Phi) is 6.29. The zero-order chi connectivity index (χ0) is 20.1. The average Bonchev–Trinajstić information content (AvgIpc) is 2.62. The monoisotopic (exact) mass is 413 g/mol. The standard InChI is InChI=1S/C21H17Cl2N3O2/c1-13-10-14(2)25-21(24-13)28-17-5-3-4-16(12-17)26-20(27)9-7-15-6-8-18(22)19(23)11-15/h3-12H,1-2H3,(H,26,27)/b9-7+. The number of hydrogen-bond acceptors (Lipinski definition) is 4. The first kappa shape index (κ1) is 19.9. The van der Waals surface area contributed by atoms with Crippen LogP contribution in [0.3, 0.4) is 0 Å². The lowest BCUT2D eigenvalue weighted by Crippen LogP contribution is -2.07. The number of carbonyl (C=O) groups excluding carboxylic acids is 1. The van der Waals surface area contributed by atoms with E-state index in [1.54, 1.807) is 48.5 Å². The Balaban J connectivity index is 1.67. The fraction of sp³-hybridized carbons (Fsp3) is 0.0952. The Hall–Kier alpha value is -2.89. The van der Waals surface area contributed by atoms with Crippen LogP contribution in [0, 0.1) is 13.8 Å². The molecule has 2 aromatic carbocycles. The van der Waals surface area contributed by atoms with Gasteiger partial charge in [-0.2, -0.15) is 0 Å². The smallest absolute Gasteiger partial charge is 0.322 e. The first-order valence-electron chi connectivity index (χ1n) is 8.43. The molecule has 3 aromatic rings. The third-order valence-electron chi connectivity index (χ3n) is 3.64. The van der Waals surface area contributed by atoms with Gasteiger partial charge in [-0.15, -0.1) is 0 Å². The van der Waals surface area contributed by atoms with Gasteiger partial charge in [-0.1, -0.05) is 35.3 Å². The summed E-state index contributed by atoms with van der Waals surface area (Å²) in [7, 11) is 0. The summed E-state index contributed by atoms with van der Waals surface area (Å²) in [5, 5.41) is 3.68. The third kappa shape index (κ3) is 5.55. The molecule has 3 rings (SSSR count). The number of nitrogens with one attached hydrogen (secondary N) is 1. The molecule has 5 nitrogen and oxygen atoms in total. The molecule has 28 heavy (non-hydrogen) atoms. The summed E-state index contributed by atoms with van der Waals surface area (Å²) in [6.07, 6.45) is 3.07. The molecule has 0 atom stereocenters. The molecule has 1 N–H and O–H groups in total. The molecule has 0 fully saturated rings. The molecule has 0 bridgehead atoms. The van der Waals surface area contributed by atoms with Crippen molar-refractivity contribution in [1.82, 2.24) is 9.97 Å². The molecule has 0 aliphatic rings. The first-order valence-corrected chi connectivity index (χ1v) is 9.19. The fourth-order valence-corrected chi connectivity index (χ4v) is 2.76. The van der Waals surface area contributed by atoms with Crippen molar-refractivity contribution in [3.8, 4) is 11.8 Å². The van der Waals surface area contributed by atoms with Gasteiger partial charge >= 0.3 is 6.01 Å². The van der Waals surface area contributed by atoms with Gasteiger partial charge in [0.25, 0.3) is 0 Å². The maximum absolute atomic E-state index is 12.2. The second-order valence-electron chi connectivity index (χ2n) is 6.06. The molecule has 1 heterocycles. The van der Waals surface area contributed by atoms with E-state index in [4.69, 9.17) is 27.9 Å². The summed E-state index contributed by atoms with van der Waals surface area (Å²) in [5.74, 6) is 0.238. The van der Waals surface area contributed by atoms with Crippen molar-refractivity contribution in [3.05, 3.63) is 81.6 Å². The largest absolute Gasteiger partial charge is 0.424 e. The zero-order valence-corrected chi connectivity index (χ0v) is 16.8. The number of amides is 1. The number of halogens is 2. The minimum Gasteiger partial charge on any atom is -0.424 e. The number of aryl methyl sites for hydroxylation is 2. The lowest BCUT2D eigenvalue weighted by molar-refractivity contribution is -0.111. The van der Waals surface area contributed by atoms with E-state index in [9.17, 15) is 4.79 Å². The summed E-state index contributed by atoms with van der Waals surface area (Å²) in [6.45, 7) is 3.75. The normalized spacial score (nSPS) is 10.9. The number of rotatable bonds is 5. The van der Waals surface area contributed by atoms with Gasteiger partial charge in [-0.05, 0) is 55.8 Å². The Bertz CT molecular complexity index is 1030. The number of ether oxygens (including phenoxy) is 1. The molecule has 0 unspecified atom stereocenters. The Labute approximate surface area is 173 Å². The van der Waals surface area contributed by atoms with E-state index in [1.165, 1.54) is 6.08 Å². The Morgan fingerprint density at radius 1 is 1.00 bits per heavy atom. The van der Waals surface area contributed by atoms with Gasteiger partial charge < -0.3 is 10.1 Å². The van der Waals surface area contributed by atoms with Gasteiger partial charge in [0.15, 0.2) is 0 Å². The van der Waals surface area contributed by atoms with Crippen LogP contribution < -0.4 is 10.1 Å². The molecular weight excluding hydrogens is 397 g/mol. The van der Waals surface area contributed by atoms with Crippen molar-refractivity contribution in [1.29, 1.82) is 0 Å². The van der Waals surface area contributed by atoms with Crippen LogP contribution in [-0.2, 0) is 4.79 Å². The molecule has 7 heteroatoms. The summed E-state index contributed by atoms with van der Waals surface area (Å²) in [6, 6.07) is 14.3. The molecule has 1 amide bonds. The van der Waals surface area contributed by atoms with Crippen LogP contribution in [-0.4, -0.2) is 15.9 Å². The van der Waals surface area contributed by atoms with E-state index in [-0.39, 0.29) is 11.9 Å². The third-order valence-corrected chi connectivity index (χ3v) is 4.38. The van der Waals surface area contributed by atoms with Crippen LogP contribution in [0.1, 0.15) is 17.0 Å². The Morgan fingerprint density at radius 2 is 1.75 bits per heavy atom. The van der Waals surface area contributed by atoms with Crippen LogP contribution in [0.4, 0.5) is 5.69 Å². The molecule has 0 saturated heterocycles. The van der Waals surface area contributed by atoms with Crippen molar-refractivity contribution in [3.63, 3.8) is 0 Å². The Morgan fingerprint density at radius 3 is 2.46 bits per heavy atom. The van der Waals surface area contributed by atoms with E-state index in [2.05, 4.69) is 15.3 Å². The van der Waals surface area contributed by atoms with E-state index in [0.29, 0.717) is 21.5 Å². The maximum atomic E-state index is 12.2. The maximum Gasteiger partial charge on any atom is 0.322 e.